The molecule has 162 valence electrons. The molecule has 2 amide bonds. The molecule has 2 aromatic rings. The van der Waals surface area contributed by atoms with E-state index in [1.54, 1.807) is 13.8 Å². The van der Waals surface area contributed by atoms with Gasteiger partial charge in [-0.2, -0.15) is 0 Å². The highest BCUT2D eigenvalue weighted by Crippen LogP contribution is 2.44. The number of nitrogens with one attached hydrogen (secondary N) is 1. The molecule has 1 aliphatic heterocycles. The maximum atomic E-state index is 12.6. The Morgan fingerprint density at radius 3 is 2.26 bits per heavy atom. The lowest BCUT2D eigenvalue weighted by Crippen LogP contribution is -2.53. The Labute approximate surface area is 179 Å². The van der Waals surface area contributed by atoms with E-state index in [4.69, 9.17) is 9.47 Å². The minimum Gasteiger partial charge on any atom is -0.480 e. The third-order valence-electron chi connectivity index (χ3n) is 5.77. The van der Waals surface area contributed by atoms with Gasteiger partial charge in [-0.3, -0.25) is 9.69 Å². The van der Waals surface area contributed by atoms with Crippen LogP contribution in [-0.4, -0.2) is 59.5 Å². The van der Waals surface area contributed by atoms with Gasteiger partial charge in [-0.25, -0.2) is 9.59 Å². The van der Waals surface area contributed by atoms with Gasteiger partial charge in [0.15, 0.2) is 6.04 Å². The average molecular weight is 424 g/mol. The number of hydrogen-bond donors (Lipinski definition) is 2. The summed E-state index contributed by atoms with van der Waals surface area (Å²) in [5.74, 6) is -1.79. The van der Waals surface area contributed by atoms with Crippen molar-refractivity contribution in [2.45, 2.75) is 31.5 Å². The summed E-state index contributed by atoms with van der Waals surface area (Å²) in [5, 5.41) is 11.7. The monoisotopic (exact) mass is 424 g/mol. The van der Waals surface area contributed by atoms with Gasteiger partial charge in [0.05, 0.1) is 6.61 Å². The molecule has 2 N–H and O–H groups in total. The second-order valence-electron chi connectivity index (χ2n) is 8.05. The highest BCUT2D eigenvalue weighted by Gasteiger charge is 2.47. The SMILES string of the molecule is CC1(C)OC[C@@H](C(=O)O)N1C(=O)CNC(=O)OCC1c2ccccc2-c2ccccc21. The number of benzene rings is 2. The third-order valence-corrected chi connectivity index (χ3v) is 5.77. The van der Waals surface area contributed by atoms with Crippen molar-refractivity contribution in [2.75, 3.05) is 19.8 Å². The summed E-state index contributed by atoms with van der Waals surface area (Å²) in [6.07, 6.45) is -0.736. The first-order chi connectivity index (χ1) is 14.8. The number of rotatable bonds is 5. The summed E-state index contributed by atoms with van der Waals surface area (Å²) in [6, 6.07) is 14.9. The van der Waals surface area contributed by atoms with Crippen molar-refractivity contribution in [2.24, 2.45) is 0 Å². The van der Waals surface area contributed by atoms with Crippen LogP contribution in [0.3, 0.4) is 0 Å². The Morgan fingerprint density at radius 1 is 1.10 bits per heavy atom. The molecule has 1 atom stereocenters. The molecular formula is C23H24N2O6. The molecule has 8 heteroatoms. The number of hydrogen-bond acceptors (Lipinski definition) is 5. The van der Waals surface area contributed by atoms with E-state index < -0.39 is 29.7 Å². The van der Waals surface area contributed by atoms with Crippen molar-refractivity contribution in [3.8, 4) is 11.1 Å². The van der Waals surface area contributed by atoms with E-state index in [1.165, 1.54) is 0 Å². The van der Waals surface area contributed by atoms with Gasteiger partial charge in [-0.1, -0.05) is 48.5 Å². The molecule has 1 aliphatic carbocycles. The van der Waals surface area contributed by atoms with Crippen LogP contribution in [0.15, 0.2) is 48.5 Å². The quantitative estimate of drug-likeness (QED) is 0.764. The fourth-order valence-electron chi connectivity index (χ4n) is 4.34. The van der Waals surface area contributed by atoms with Crippen LogP contribution in [0.1, 0.15) is 30.9 Å². The number of nitrogens with zero attached hydrogens (tertiary/aromatic N) is 1. The second kappa shape index (κ2) is 8.03. The zero-order valence-corrected chi connectivity index (χ0v) is 17.3. The number of carboxylic acids is 1. The minimum absolute atomic E-state index is 0.0869. The molecule has 0 spiro atoms. The standard InChI is InChI=1S/C23H24N2O6/c1-23(2)25(19(13-31-23)21(27)28)20(26)11-24-22(29)30-12-18-16-9-5-3-7-14(16)15-8-4-6-10-17(15)18/h3-10,18-19H,11-13H2,1-2H3,(H,24,29)(H,27,28)/t19-/m0/s1. The molecule has 31 heavy (non-hydrogen) atoms. The molecule has 1 fully saturated rings. The predicted octanol–water partition coefficient (Wildman–Crippen LogP) is 2.57. The molecule has 2 aromatic carbocycles. The Kier molecular flexibility index (Phi) is 5.41. The molecule has 0 radical (unpaired) electrons. The number of amides is 2. The summed E-state index contributed by atoms with van der Waals surface area (Å²) in [4.78, 5) is 37.4. The normalized spacial score (nSPS) is 18.9. The average Bonchev–Trinajstić information content (AvgIpc) is 3.24. The maximum absolute atomic E-state index is 12.6. The molecule has 1 heterocycles. The van der Waals surface area contributed by atoms with Crippen molar-refractivity contribution >= 4 is 18.0 Å². The highest BCUT2D eigenvalue weighted by molar-refractivity contribution is 5.88. The van der Waals surface area contributed by atoms with Crippen LogP contribution in [0, 0.1) is 0 Å². The molecule has 8 nitrogen and oxygen atoms in total. The van der Waals surface area contributed by atoms with Crippen LogP contribution in [-0.2, 0) is 19.1 Å². The van der Waals surface area contributed by atoms with Crippen molar-refractivity contribution in [3.63, 3.8) is 0 Å². The molecule has 0 aromatic heterocycles. The summed E-state index contributed by atoms with van der Waals surface area (Å²) >= 11 is 0. The van der Waals surface area contributed by atoms with Crippen LogP contribution >= 0.6 is 0 Å². The zero-order chi connectivity index (χ0) is 22.2. The maximum Gasteiger partial charge on any atom is 0.407 e. The van der Waals surface area contributed by atoms with E-state index in [1.807, 2.05) is 48.5 Å². The van der Waals surface area contributed by atoms with Crippen LogP contribution in [0.5, 0.6) is 0 Å². The molecule has 0 bridgehead atoms. The van der Waals surface area contributed by atoms with E-state index >= 15 is 0 Å². The molecular weight excluding hydrogens is 400 g/mol. The predicted molar refractivity (Wildman–Crippen MR) is 111 cm³/mol. The largest absolute Gasteiger partial charge is 0.480 e. The number of carboxylic acid groups (broad SMARTS) is 1. The number of carbonyl (C=O) groups is 3. The van der Waals surface area contributed by atoms with Gasteiger partial charge in [-0.15, -0.1) is 0 Å². The summed E-state index contributed by atoms with van der Waals surface area (Å²) in [5.41, 5.74) is 3.36. The molecule has 4 rings (SSSR count). The van der Waals surface area contributed by atoms with E-state index in [-0.39, 0.29) is 25.7 Å². The van der Waals surface area contributed by atoms with E-state index in [2.05, 4.69) is 5.32 Å². The molecule has 1 saturated heterocycles. The van der Waals surface area contributed by atoms with Gasteiger partial charge in [0.1, 0.15) is 18.9 Å². The van der Waals surface area contributed by atoms with E-state index in [0.29, 0.717) is 0 Å². The third kappa shape index (κ3) is 3.86. The van der Waals surface area contributed by atoms with Crippen LogP contribution in [0.4, 0.5) is 4.79 Å². The van der Waals surface area contributed by atoms with Crippen molar-refractivity contribution in [3.05, 3.63) is 59.7 Å². The molecule has 0 unspecified atom stereocenters. The lowest BCUT2D eigenvalue weighted by molar-refractivity contribution is -0.154. The fraction of sp³-hybridized carbons (Fsp3) is 0.348. The van der Waals surface area contributed by atoms with Gasteiger partial charge in [-0.05, 0) is 36.1 Å². The summed E-state index contributed by atoms with van der Waals surface area (Å²) in [7, 11) is 0. The topological polar surface area (TPSA) is 105 Å². The molecule has 0 saturated carbocycles. The van der Waals surface area contributed by atoms with Crippen LogP contribution in [0.2, 0.25) is 0 Å². The Balaban J connectivity index is 1.37. The van der Waals surface area contributed by atoms with Gasteiger partial charge in [0.25, 0.3) is 0 Å². The lowest BCUT2D eigenvalue weighted by Gasteiger charge is -2.32. The zero-order valence-electron chi connectivity index (χ0n) is 17.3. The summed E-state index contributed by atoms with van der Waals surface area (Å²) in [6.45, 7) is 2.87. The van der Waals surface area contributed by atoms with Gasteiger partial charge >= 0.3 is 12.1 Å². The summed E-state index contributed by atoms with van der Waals surface area (Å²) < 4.78 is 10.8. The number of alkyl carbamates (subject to hydrolysis) is 1. The Morgan fingerprint density at radius 2 is 1.68 bits per heavy atom. The number of carbonyl (C=O) groups excluding carboxylic acids is 2. The van der Waals surface area contributed by atoms with Crippen molar-refractivity contribution < 1.29 is 29.0 Å². The van der Waals surface area contributed by atoms with E-state index in [9.17, 15) is 19.5 Å². The van der Waals surface area contributed by atoms with Crippen LogP contribution < -0.4 is 5.32 Å². The number of aliphatic carboxylic acids is 1. The first-order valence-electron chi connectivity index (χ1n) is 10.1. The van der Waals surface area contributed by atoms with E-state index in [0.717, 1.165) is 27.2 Å². The Hall–Kier alpha value is -3.39. The fourth-order valence-corrected chi connectivity index (χ4v) is 4.34. The number of ether oxygens (including phenoxy) is 2. The molecule has 2 aliphatic rings. The smallest absolute Gasteiger partial charge is 0.407 e. The first kappa shape index (κ1) is 20.9. The second-order valence-corrected chi connectivity index (χ2v) is 8.05. The van der Waals surface area contributed by atoms with Gasteiger partial charge in [0, 0.05) is 5.92 Å². The van der Waals surface area contributed by atoms with Crippen molar-refractivity contribution in [1.29, 1.82) is 0 Å². The van der Waals surface area contributed by atoms with Crippen molar-refractivity contribution in [1.82, 2.24) is 10.2 Å². The van der Waals surface area contributed by atoms with Crippen LogP contribution in [0.25, 0.3) is 11.1 Å². The first-order valence-corrected chi connectivity index (χ1v) is 10.1. The lowest BCUT2D eigenvalue weighted by atomic mass is 9.98. The minimum atomic E-state index is -1.15. The highest BCUT2D eigenvalue weighted by atomic mass is 16.5. The Bertz CT molecular complexity index is 989. The van der Waals surface area contributed by atoms with Gasteiger partial charge in [0.2, 0.25) is 5.91 Å². The number of fused-ring (bicyclic) bond motifs is 3. The van der Waals surface area contributed by atoms with Gasteiger partial charge < -0.3 is 19.9 Å².